The third kappa shape index (κ3) is 7.99. The fourth-order valence-electron chi connectivity index (χ4n) is 3.94. The van der Waals surface area contributed by atoms with Crippen molar-refractivity contribution in [2.24, 2.45) is 5.92 Å². The first-order valence-corrected chi connectivity index (χ1v) is 14.8. The molecule has 1 atom stereocenters. The zero-order valence-electron chi connectivity index (χ0n) is 23.4. The smallest absolute Gasteiger partial charge is 0.264 e. The Labute approximate surface area is 241 Å². The van der Waals surface area contributed by atoms with E-state index in [1.54, 1.807) is 62.6 Å². The van der Waals surface area contributed by atoms with Gasteiger partial charge in [0.05, 0.1) is 17.7 Å². The summed E-state index contributed by atoms with van der Waals surface area (Å²) < 4.78 is 33.9. The molecule has 3 aromatic carbocycles. The summed E-state index contributed by atoms with van der Waals surface area (Å²) in [6.07, 6.45) is 0. The van der Waals surface area contributed by atoms with E-state index in [9.17, 15) is 18.0 Å². The van der Waals surface area contributed by atoms with Crippen molar-refractivity contribution in [1.29, 1.82) is 0 Å². The van der Waals surface area contributed by atoms with Gasteiger partial charge in [-0.3, -0.25) is 13.9 Å². The van der Waals surface area contributed by atoms with Gasteiger partial charge in [-0.15, -0.1) is 0 Å². The number of nitrogens with one attached hydrogen (secondary N) is 1. The number of hydrogen-bond acceptors (Lipinski definition) is 5. The predicted molar refractivity (Wildman–Crippen MR) is 158 cm³/mol. The van der Waals surface area contributed by atoms with Crippen LogP contribution in [0.2, 0.25) is 5.02 Å². The molecular formula is C30H36ClN3O5S. The van der Waals surface area contributed by atoms with E-state index in [0.717, 1.165) is 15.4 Å². The second kappa shape index (κ2) is 13.7. The summed E-state index contributed by atoms with van der Waals surface area (Å²) in [6, 6.07) is 18.9. The molecule has 0 radical (unpaired) electrons. The number of amides is 2. The fraction of sp³-hybridized carbons (Fsp3) is 0.333. The van der Waals surface area contributed by atoms with Crippen LogP contribution in [-0.4, -0.2) is 51.4 Å². The zero-order valence-corrected chi connectivity index (χ0v) is 25.0. The van der Waals surface area contributed by atoms with Crippen molar-refractivity contribution in [2.45, 2.75) is 45.2 Å². The van der Waals surface area contributed by atoms with E-state index in [0.29, 0.717) is 23.0 Å². The number of rotatable bonds is 12. The molecule has 3 rings (SSSR count). The topological polar surface area (TPSA) is 96.0 Å². The third-order valence-corrected chi connectivity index (χ3v) is 8.41. The summed E-state index contributed by atoms with van der Waals surface area (Å²) in [4.78, 5) is 28.4. The van der Waals surface area contributed by atoms with Gasteiger partial charge in [0.1, 0.15) is 18.3 Å². The Morgan fingerprint density at radius 3 is 2.08 bits per heavy atom. The lowest BCUT2D eigenvalue weighted by Crippen LogP contribution is -2.51. The summed E-state index contributed by atoms with van der Waals surface area (Å²) >= 11 is 5.99. The molecule has 0 bridgehead atoms. The summed E-state index contributed by atoms with van der Waals surface area (Å²) in [5.41, 5.74) is 2.03. The number of carbonyl (C=O) groups is 2. The van der Waals surface area contributed by atoms with Crippen molar-refractivity contribution in [3.05, 3.63) is 88.9 Å². The van der Waals surface area contributed by atoms with Gasteiger partial charge in [0.15, 0.2) is 0 Å². The molecule has 0 saturated heterocycles. The minimum Gasteiger partial charge on any atom is -0.497 e. The first-order chi connectivity index (χ1) is 18.9. The molecule has 40 heavy (non-hydrogen) atoms. The molecule has 1 unspecified atom stereocenters. The minimum atomic E-state index is -4.15. The van der Waals surface area contributed by atoms with Crippen LogP contribution in [0.5, 0.6) is 5.75 Å². The Morgan fingerprint density at radius 2 is 1.52 bits per heavy atom. The maximum absolute atomic E-state index is 13.9. The average molecular weight is 586 g/mol. The molecule has 8 nitrogen and oxygen atoms in total. The van der Waals surface area contributed by atoms with Gasteiger partial charge < -0.3 is 15.0 Å². The van der Waals surface area contributed by atoms with E-state index >= 15 is 0 Å². The third-order valence-electron chi connectivity index (χ3n) is 6.37. The van der Waals surface area contributed by atoms with Crippen LogP contribution in [0.15, 0.2) is 77.7 Å². The highest BCUT2D eigenvalue weighted by Gasteiger charge is 2.32. The highest BCUT2D eigenvalue weighted by Crippen LogP contribution is 2.26. The number of benzene rings is 3. The minimum absolute atomic E-state index is 0.00490. The molecule has 0 aliphatic heterocycles. The molecule has 0 spiro atoms. The summed E-state index contributed by atoms with van der Waals surface area (Å²) in [7, 11) is -2.59. The van der Waals surface area contributed by atoms with Crippen molar-refractivity contribution < 1.29 is 22.7 Å². The van der Waals surface area contributed by atoms with Crippen molar-refractivity contribution in [1.82, 2.24) is 10.2 Å². The standard InChI is InChI=1S/C30H36ClN3O5S/c1-21(2)18-32-30(36)23(4)33(19-24-8-14-27(39-5)15-9-24)29(35)20-34(26-12-6-22(3)7-13-26)40(37,38)28-16-10-25(31)11-17-28/h6-17,21,23H,18-20H2,1-5H3,(H,32,36). The van der Waals surface area contributed by atoms with Crippen LogP contribution < -0.4 is 14.4 Å². The van der Waals surface area contributed by atoms with Crippen molar-refractivity contribution in [3.63, 3.8) is 0 Å². The molecule has 3 aromatic rings. The normalized spacial score (nSPS) is 12.1. The molecule has 0 aromatic heterocycles. The average Bonchev–Trinajstić information content (AvgIpc) is 2.93. The first kappa shape index (κ1) is 31.0. The summed E-state index contributed by atoms with van der Waals surface area (Å²) in [6.45, 7) is 7.53. The van der Waals surface area contributed by atoms with E-state index in [1.165, 1.54) is 29.2 Å². The van der Waals surface area contributed by atoms with Crippen LogP contribution in [0.1, 0.15) is 31.9 Å². The van der Waals surface area contributed by atoms with Gasteiger partial charge in [-0.05, 0) is 73.9 Å². The molecule has 0 aliphatic carbocycles. The number of carbonyl (C=O) groups excluding carboxylic acids is 2. The predicted octanol–water partition coefficient (Wildman–Crippen LogP) is 5.04. The van der Waals surface area contributed by atoms with Gasteiger partial charge in [0.25, 0.3) is 10.0 Å². The fourth-order valence-corrected chi connectivity index (χ4v) is 5.48. The number of anilines is 1. The van der Waals surface area contributed by atoms with Gasteiger partial charge >= 0.3 is 0 Å². The second-order valence-electron chi connectivity index (χ2n) is 9.99. The van der Waals surface area contributed by atoms with Crippen molar-refractivity contribution >= 4 is 39.1 Å². The Hall–Kier alpha value is -3.56. The van der Waals surface area contributed by atoms with E-state index in [4.69, 9.17) is 16.3 Å². The van der Waals surface area contributed by atoms with Gasteiger partial charge in [0, 0.05) is 18.1 Å². The molecule has 214 valence electrons. The number of sulfonamides is 1. The number of nitrogens with zero attached hydrogens (tertiary/aromatic N) is 2. The second-order valence-corrected chi connectivity index (χ2v) is 12.3. The molecule has 0 heterocycles. The SMILES string of the molecule is COc1ccc(CN(C(=O)CN(c2ccc(C)cc2)S(=O)(=O)c2ccc(Cl)cc2)C(C)C(=O)NCC(C)C)cc1. The van der Waals surface area contributed by atoms with Crippen LogP contribution in [0.25, 0.3) is 0 Å². The van der Waals surface area contributed by atoms with Gasteiger partial charge in [-0.25, -0.2) is 8.42 Å². The molecule has 10 heteroatoms. The maximum Gasteiger partial charge on any atom is 0.264 e. The summed E-state index contributed by atoms with van der Waals surface area (Å²) in [5, 5.41) is 3.27. The van der Waals surface area contributed by atoms with Crippen LogP contribution in [-0.2, 0) is 26.2 Å². The van der Waals surface area contributed by atoms with E-state index in [2.05, 4.69) is 5.32 Å². The lowest BCUT2D eigenvalue weighted by atomic mass is 10.1. The van der Waals surface area contributed by atoms with E-state index < -0.39 is 28.5 Å². The molecule has 0 saturated carbocycles. The zero-order chi connectivity index (χ0) is 29.4. The quantitative estimate of drug-likeness (QED) is 0.321. The van der Waals surface area contributed by atoms with E-state index in [-0.39, 0.29) is 23.3 Å². The van der Waals surface area contributed by atoms with Crippen LogP contribution in [0.3, 0.4) is 0 Å². The van der Waals surface area contributed by atoms with Crippen LogP contribution >= 0.6 is 11.6 Å². The lowest BCUT2D eigenvalue weighted by molar-refractivity contribution is -0.139. The number of hydrogen-bond donors (Lipinski definition) is 1. The van der Waals surface area contributed by atoms with Crippen molar-refractivity contribution in [2.75, 3.05) is 24.5 Å². The molecule has 2 amide bonds. The summed E-state index contributed by atoms with van der Waals surface area (Å²) in [5.74, 6) is 0.0338. The number of halogens is 1. The number of methoxy groups -OCH3 is 1. The van der Waals surface area contributed by atoms with Gasteiger partial charge in [-0.2, -0.15) is 0 Å². The van der Waals surface area contributed by atoms with E-state index in [1.807, 2.05) is 20.8 Å². The largest absolute Gasteiger partial charge is 0.497 e. The number of ether oxygens (including phenoxy) is 1. The number of aryl methyl sites for hydroxylation is 1. The maximum atomic E-state index is 13.9. The Kier molecular flexibility index (Phi) is 10.6. The van der Waals surface area contributed by atoms with Crippen LogP contribution in [0.4, 0.5) is 5.69 Å². The molecule has 1 N–H and O–H groups in total. The highest BCUT2D eigenvalue weighted by molar-refractivity contribution is 7.92. The monoisotopic (exact) mass is 585 g/mol. The van der Waals surface area contributed by atoms with Crippen LogP contribution in [0, 0.1) is 12.8 Å². The van der Waals surface area contributed by atoms with Gasteiger partial charge in [0.2, 0.25) is 11.8 Å². The Balaban J connectivity index is 2.00. The first-order valence-electron chi connectivity index (χ1n) is 13.0. The Morgan fingerprint density at radius 1 is 0.925 bits per heavy atom. The van der Waals surface area contributed by atoms with Crippen molar-refractivity contribution in [3.8, 4) is 5.75 Å². The molecule has 0 fully saturated rings. The Bertz CT molecular complexity index is 1390. The highest BCUT2D eigenvalue weighted by atomic mass is 35.5. The molecule has 0 aliphatic rings. The lowest BCUT2D eigenvalue weighted by Gasteiger charge is -2.32. The molecular weight excluding hydrogens is 550 g/mol. The van der Waals surface area contributed by atoms with Gasteiger partial charge in [-0.1, -0.05) is 55.3 Å².